The Bertz CT molecular complexity index is 843. The molecule has 2 heterocycles. The Morgan fingerprint density at radius 1 is 1.32 bits per heavy atom. The molecular weight excluding hydrogens is 350 g/mol. The number of hydrogen-bond donors (Lipinski definition) is 1. The van der Waals surface area contributed by atoms with E-state index in [1.165, 1.54) is 6.20 Å². The fourth-order valence-electron chi connectivity index (χ4n) is 2.23. The maximum Gasteiger partial charge on any atom is 0.339 e. The van der Waals surface area contributed by atoms with Crippen molar-refractivity contribution < 1.29 is 14.6 Å². The molecule has 0 unspecified atom stereocenters. The number of carboxylic acids is 1. The summed E-state index contributed by atoms with van der Waals surface area (Å²) in [7, 11) is 1.62. The minimum atomic E-state index is -1.03. The zero-order valence-corrected chi connectivity index (χ0v) is 13.2. The second-order valence-electron chi connectivity index (χ2n) is 4.68. The lowest BCUT2D eigenvalue weighted by Gasteiger charge is -2.06. The third-order valence-corrected chi connectivity index (χ3v) is 3.91. The average molecular weight is 362 g/mol. The summed E-state index contributed by atoms with van der Waals surface area (Å²) in [6, 6.07) is 7.64. The molecule has 0 radical (unpaired) electrons. The molecule has 0 fully saturated rings. The highest BCUT2D eigenvalue weighted by atomic mass is 79.9. The molecule has 2 aromatic heterocycles. The third-order valence-electron chi connectivity index (χ3n) is 3.31. The number of imidazole rings is 1. The van der Waals surface area contributed by atoms with Gasteiger partial charge in [0.25, 0.3) is 0 Å². The third kappa shape index (κ3) is 2.55. The summed E-state index contributed by atoms with van der Waals surface area (Å²) in [5, 5.41) is 9.30. The molecule has 3 aromatic rings. The van der Waals surface area contributed by atoms with E-state index in [9.17, 15) is 9.90 Å². The summed E-state index contributed by atoms with van der Waals surface area (Å²) in [4.78, 5) is 19.8. The van der Waals surface area contributed by atoms with E-state index >= 15 is 0 Å². The molecule has 1 N–H and O–H groups in total. The van der Waals surface area contributed by atoms with Crippen molar-refractivity contribution in [2.45, 2.75) is 6.54 Å². The minimum Gasteiger partial charge on any atom is -0.497 e. The average Bonchev–Trinajstić information content (AvgIpc) is 2.90. The first-order valence-electron chi connectivity index (χ1n) is 6.45. The van der Waals surface area contributed by atoms with Crippen LogP contribution in [0.1, 0.15) is 15.9 Å². The monoisotopic (exact) mass is 361 g/mol. The molecule has 0 aliphatic carbocycles. The molecule has 0 spiro atoms. The molecule has 0 aliphatic rings. The number of fused-ring (bicyclic) bond motifs is 1. The topological polar surface area (TPSA) is 77.2 Å². The van der Waals surface area contributed by atoms with Gasteiger partial charge in [0.1, 0.15) is 16.8 Å². The number of ether oxygens (including phenoxy) is 1. The lowest BCUT2D eigenvalue weighted by Crippen LogP contribution is -2.03. The summed E-state index contributed by atoms with van der Waals surface area (Å²) in [6.45, 7) is 0.550. The fraction of sp³-hybridized carbons (Fsp3) is 0.133. The maximum atomic E-state index is 11.4. The summed E-state index contributed by atoms with van der Waals surface area (Å²) < 4.78 is 7.36. The molecular formula is C15H12BrN3O3. The molecule has 0 atom stereocenters. The van der Waals surface area contributed by atoms with E-state index in [0.717, 1.165) is 11.3 Å². The highest BCUT2D eigenvalue weighted by Gasteiger charge is 2.17. The van der Waals surface area contributed by atoms with Gasteiger partial charge < -0.3 is 14.4 Å². The largest absolute Gasteiger partial charge is 0.497 e. The van der Waals surface area contributed by atoms with Crippen molar-refractivity contribution in [3.63, 3.8) is 0 Å². The number of rotatable bonds is 4. The number of aromatic carboxylic acids is 1. The van der Waals surface area contributed by atoms with Crippen LogP contribution in [0.5, 0.6) is 5.75 Å². The molecule has 0 saturated heterocycles. The Morgan fingerprint density at radius 3 is 2.68 bits per heavy atom. The number of carbonyl (C=O) groups is 1. The van der Waals surface area contributed by atoms with E-state index in [-0.39, 0.29) is 5.56 Å². The number of benzene rings is 1. The van der Waals surface area contributed by atoms with Crippen molar-refractivity contribution in [1.29, 1.82) is 0 Å². The van der Waals surface area contributed by atoms with Gasteiger partial charge in [-0.15, -0.1) is 0 Å². The van der Waals surface area contributed by atoms with Crippen molar-refractivity contribution >= 4 is 33.1 Å². The molecule has 22 heavy (non-hydrogen) atoms. The van der Waals surface area contributed by atoms with E-state index in [1.54, 1.807) is 13.4 Å². The van der Waals surface area contributed by atoms with Crippen LogP contribution in [-0.4, -0.2) is 32.7 Å². The van der Waals surface area contributed by atoms with Gasteiger partial charge in [-0.25, -0.2) is 14.8 Å². The van der Waals surface area contributed by atoms with Crippen LogP contribution in [0, 0.1) is 0 Å². The van der Waals surface area contributed by atoms with Crippen molar-refractivity contribution in [1.82, 2.24) is 14.5 Å². The molecule has 0 bridgehead atoms. The summed E-state index contributed by atoms with van der Waals surface area (Å²) in [5.41, 5.74) is 2.08. The van der Waals surface area contributed by atoms with E-state index in [2.05, 4.69) is 25.9 Å². The zero-order chi connectivity index (χ0) is 15.7. The Kier molecular flexibility index (Phi) is 3.81. The predicted octanol–water partition coefficient (Wildman–Crippen LogP) is 2.95. The van der Waals surface area contributed by atoms with Crippen molar-refractivity contribution in [2.75, 3.05) is 7.11 Å². The first-order chi connectivity index (χ1) is 10.6. The number of halogens is 1. The first-order valence-corrected chi connectivity index (χ1v) is 7.25. The van der Waals surface area contributed by atoms with Gasteiger partial charge in [-0.3, -0.25) is 0 Å². The second kappa shape index (κ2) is 5.76. The Morgan fingerprint density at radius 2 is 2.05 bits per heavy atom. The van der Waals surface area contributed by atoms with Crippen LogP contribution in [0.2, 0.25) is 0 Å². The van der Waals surface area contributed by atoms with E-state index in [4.69, 9.17) is 4.74 Å². The highest BCUT2D eigenvalue weighted by Crippen LogP contribution is 2.24. The molecule has 112 valence electrons. The zero-order valence-electron chi connectivity index (χ0n) is 11.7. The Hall–Kier alpha value is -2.41. The highest BCUT2D eigenvalue weighted by molar-refractivity contribution is 9.10. The Labute approximate surface area is 134 Å². The van der Waals surface area contributed by atoms with Crippen molar-refractivity contribution in [2.24, 2.45) is 0 Å². The normalized spacial score (nSPS) is 10.8. The summed E-state index contributed by atoms with van der Waals surface area (Å²) in [5.74, 6) is -0.247. The molecule has 3 rings (SSSR count). The first kappa shape index (κ1) is 14.5. The Balaban J connectivity index is 2.01. The fourth-order valence-corrected chi connectivity index (χ4v) is 2.69. The molecule has 0 saturated carbocycles. The van der Waals surface area contributed by atoms with Gasteiger partial charge in [-0.1, -0.05) is 12.1 Å². The van der Waals surface area contributed by atoms with Gasteiger partial charge in [0.15, 0.2) is 5.65 Å². The van der Waals surface area contributed by atoms with E-state index in [1.807, 2.05) is 28.8 Å². The van der Waals surface area contributed by atoms with Crippen LogP contribution in [0.15, 0.2) is 41.3 Å². The van der Waals surface area contributed by atoms with Gasteiger partial charge >= 0.3 is 5.97 Å². The van der Waals surface area contributed by atoms with Crippen LogP contribution in [0.3, 0.4) is 0 Å². The molecule has 1 aromatic carbocycles. The number of nitrogens with zero attached hydrogens (tertiary/aromatic N) is 3. The van der Waals surface area contributed by atoms with Gasteiger partial charge in [0.05, 0.1) is 24.5 Å². The molecule has 0 aliphatic heterocycles. The quantitative estimate of drug-likeness (QED) is 0.772. The standard InChI is InChI=1S/C15H12BrN3O3/c1-22-10-4-2-9(3-5-10)7-19-8-18-13-12(15(20)21)11(16)6-17-14(13)19/h2-6,8H,7H2,1H3,(H,20,21). The predicted molar refractivity (Wildman–Crippen MR) is 84.3 cm³/mol. The van der Waals surface area contributed by atoms with Crippen LogP contribution in [0.25, 0.3) is 11.2 Å². The van der Waals surface area contributed by atoms with Crippen molar-refractivity contribution in [3.05, 3.63) is 52.4 Å². The minimum absolute atomic E-state index is 0.124. The lowest BCUT2D eigenvalue weighted by atomic mass is 10.2. The van der Waals surface area contributed by atoms with Crippen LogP contribution in [-0.2, 0) is 6.54 Å². The SMILES string of the molecule is COc1ccc(Cn2cnc3c(C(=O)O)c(Br)cnc32)cc1. The van der Waals surface area contributed by atoms with E-state index in [0.29, 0.717) is 22.2 Å². The molecule has 0 amide bonds. The number of aromatic nitrogens is 3. The van der Waals surface area contributed by atoms with Gasteiger partial charge in [-0.2, -0.15) is 0 Å². The van der Waals surface area contributed by atoms with E-state index < -0.39 is 5.97 Å². The van der Waals surface area contributed by atoms with Crippen LogP contribution < -0.4 is 4.74 Å². The van der Waals surface area contributed by atoms with Crippen molar-refractivity contribution in [3.8, 4) is 5.75 Å². The lowest BCUT2D eigenvalue weighted by molar-refractivity contribution is 0.0698. The number of hydrogen-bond acceptors (Lipinski definition) is 4. The van der Waals surface area contributed by atoms with Crippen LogP contribution in [0.4, 0.5) is 0 Å². The summed E-state index contributed by atoms with van der Waals surface area (Å²) >= 11 is 3.20. The number of carboxylic acid groups (broad SMARTS) is 1. The van der Waals surface area contributed by atoms with Gasteiger partial charge in [0, 0.05) is 6.20 Å². The molecule has 6 nitrogen and oxygen atoms in total. The number of pyridine rings is 1. The number of methoxy groups -OCH3 is 1. The molecule has 7 heteroatoms. The maximum absolute atomic E-state index is 11.4. The van der Waals surface area contributed by atoms with Gasteiger partial charge in [0.2, 0.25) is 0 Å². The van der Waals surface area contributed by atoms with Crippen LogP contribution >= 0.6 is 15.9 Å². The smallest absolute Gasteiger partial charge is 0.339 e. The summed E-state index contributed by atoms with van der Waals surface area (Å²) in [6.07, 6.45) is 3.08. The second-order valence-corrected chi connectivity index (χ2v) is 5.53. The van der Waals surface area contributed by atoms with Gasteiger partial charge in [-0.05, 0) is 33.6 Å².